The van der Waals surface area contributed by atoms with Gasteiger partial charge in [-0.1, -0.05) is 11.6 Å². The van der Waals surface area contributed by atoms with Crippen molar-refractivity contribution in [2.75, 3.05) is 5.32 Å². The topological polar surface area (TPSA) is 76.2 Å². The van der Waals surface area contributed by atoms with Crippen LogP contribution in [0.15, 0.2) is 45.0 Å². The van der Waals surface area contributed by atoms with Gasteiger partial charge in [0.2, 0.25) is 0 Å². The number of fused-ring (bicyclic) bond motifs is 3. The van der Waals surface area contributed by atoms with Gasteiger partial charge in [0.1, 0.15) is 17.0 Å². The zero-order valence-electron chi connectivity index (χ0n) is 16.2. The fourth-order valence-corrected chi connectivity index (χ4v) is 3.92. The Morgan fingerprint density at radius 1 is 1.17 bits per heavy atom. The predicted octanol–water partition coefficient (Wildman–Crippen LogP) is 4.88. The Morgan fingerprint density at radius 2 is 2.00 bits per heavy atom. The van der Waals surface area contributed by atoms with E-state index in [9.17, 15) is 4.79 Å². The van der Waals surface area contributed by atoms with E-state index in [0.29, 0.717) is 34.4 Å². The second-order valence-electron chi connectivity index (χ2n) is 7.41. The predicted molar refractivity (Wildman–Crippen MR) is 114 cm³/mol. The maximum Gasteiger partial charge on any atom is 0.265 e. The first-order valence-electron chi connectivity index (χ1n) is 9.35. The Morgan fingerprint density at radius 3 is 2.83 bits per heavy atom. The standard InChI is InChI=1S/C22H18ClN3O3/c1-10-6-13-7-17-19(28-12(3)22(27)24-17)9-16(13)20(26-25-10)21-11(2)15-8-14(23)4-5-18(15)29-21/h4-5,7-9,12H,6H2,1-3H3,(H,24,27). The number of ether oxygens (including phenoxy) is 1. The van der Waals surface area contributed by atoms with Crippen molar-refractivity contribution in [2.45, 2.75) is 33.3 Å². The van der Waals surface area contributed by atoms with E-state index < -0.39 is 6.10 Å². The number of amides is 1. The lowest BCUT2D eigenvalue weighted by Crippen LogP contribution is -2.34. The largest absolute Gasteiger partial charge is 0.479 e. The summed E-state index contributed by atoms with van der Waals surface area (Å²) < 4.78 is 12.0. The number of hydrogen-bond acceptors (Lipinski definition) is 5. The molecule has 2 aliphatic rings. The van der Waals surface area contributed by atoms with Crippen molar-refractivity contribution >= 4 is 45.6 Å². The van der Waals surface area contributed by atoms with Crippen molar-refractivity contribution < 1.29 is 13.9 Å². The molecule has 0 saturated heterocycles. The number of nitrogens with one attached hydrogen (secondary N) is 1. The van der Waals surface area contributed by atoms with Crippen LogP contribution >= 0.6 is 11.6 Å². The number of carbonyl (C=O) groups excluding carboxylic acids is 1. The monoisotopic (exact) mass is 407 g/mol. The van der Waals surface area contributed by atoms with Crippen LogP contribution in [0.4, 0.5) is 5.69 Å². The first kappa shape index (κ1) is 17.9. The molecular weight excluding hydrogens is 390 g/mol. The Labute approximate surface area is 172 Å². The molecule has 3 heterocycles. The lowest BCUT2D eigenvalue weighted by molar-refractivity contribution is -0.122. The van der Waals surface area contributed by atoms with Crippen LogP contribution in [0.5, 0.6) is 5.75 Å². The molecule has 0 saturated carbocycles. The zero-order chi connectivity index (χ0) is 20.3. The summed E-state index contributed by atoms with van der Waals surface area (Å²) in [6.45, 7) is 5.63. The highest BCUT2D eigenvalue weighted by atomic mass is 35.5. The summed E-state index contributed by atoms with van der Waals surface area (Å²) in [6, 6.07) is 9.39. The van der Waals surface area contributed by atoms with E-state index in [1.807, 2.05) is 38.1 Å². The highest BCUT2D eigenvalue weighted by Crippen LogP contribution is 2.37. The van der Waals surface area contributed by atoms with Gasteiger partial charge < -0.3 is 14.5 Å². The second-order valence-corrected chi connectivity index (χ2v) is 7.85. The number of rotatable bonds is 1. The Balaban J connectivity index is 1.72. The lowest BCUT2D eigenvalue weighted by Gasteiger charge is -2.25. The molecule has 5 rings (SSSR count). The summed E-state index contributed by atoms with van der Waals surface area (Å²) in [6.07, 6.45) is 0.0614. The second kappa shape index (κ2) is 6.46. The van der Waals surface area contributed by atoms with Crippen LogP contribution in [-0.4, -0.2) is 23.4 Å². The summed E-state index contributed by atoms with van der Waals surface area (Å²) in [5.74, 6) is 1.10. The van der Waals surface area contributed by atoms with E-state index in [1.165, 1.54) is 0 Å². The molecule has 1 unspecified atom stereocenters. The van der Waals surface area contributed by atoms with E-state index in [-0.39, 0.29) is 5.91 Å². The van der Waals surface area contributed by atoms with Gasteiger partial charge >= 0.3 is 0 Å². The zero-order valence-corrected chi connectivity index (χ0v) is 16.9. The van der Waals surface area contributed by atoms with Gasteiger partial charge in [0.25, 0.3) is 5.91 Å². The average Bonchev–Trinajstić information content (AvgIpc) is 2.90. The van der Waals surface area contributed by atoms with Crippen molar-refractivity contribution in [1.29, 1.82) is 0 Å². The quantitative estimate of drug-likeness (QED) is 0.624. The normalized spacial score (nSPS) is 18.2. The van der Waals surface area contributed by atoms with E-state index in [0.717, 1.165) is 33.4 Å². The molecular formula is C22H18ClN3O3. The summed E-state index contributed by atoms with van der Waals surface area (Å²) in [7, 11) is 0. The molecule has 0 bridgehead atoms. The number of anilines is 1. The van der Waals surface area contributed by atoms with Crippen molar-refractivity contribution in [3.63, 3.8) is 0 Å². The smallest absolute Gasteiger partial charge is 0.265 e. The van der Waals surface area contributed by atoms with Crippen LogP contribution in [0.1, 0.15) is 36.3 Å². The van der Waals surface area contributed by atoms with Gasteiger partial charge in [0.05, 0.1) is 5.69 Å². The van der Waals surface area contributed by atoms with Gasteiger partial charge in [-0.3, -0.25) is 4.79 Å². The van der Waals surface area contributed by atoms with E-state index in [2.05, 4.69) is 15.5 Å². The number of halogens is 1. The summed E-state index contributed by atoms with van der Waals surface area (Å²) >= 11 is 6.17. The molecule has 1 N–H and O–H groups in total. The number of hydrogen-bond donors (Lipinski definition) is 1. The molecule has 3 aromatic rings. The number of carbonyl (C=O) groups is 1. The summed E-state index contributed by atoms with van der Waals surface area (Å²) in [5.41, 5.74) is 5.73. The number of furan rings is 1. The molecule has 1 atom stereocenters. The first-order valence-corrected chi connectivity index (χ1v) is 9.73. The molecule has 0 radical (unpaired) electrons. The number of benzene rings is 2. The molecule has 0 spiro atoms. The van der Waals surface area contributed by atoms with Gasteiger partial charge in [-0.25, -0.2) is 0 Å². The highest BCUT2D eigenvalue weighted by molar-refractivity contribution is 6.31. The third-order valence-electron chi connectivity index (χ3n) is 5.27. The molecule has 146 valence electrons. The van der Waals surface area contributed by atoms with Crippen LogP contribution in [0, 0.1) is 6.92 Å². The highest BCUT2D eigenvalue weighted by Gasteiger charge is 2.28. The maximum atomic E-state index is 12.0. The third-order valence-corrected chi connectivity index (χ3v) is 5.51. The van der Waals surface area contributed by atoms with Crippen molar-refractivity contribution in [2.24, 2.45) is 10.2 Å². The SMILES string of the molecule is CC1=NN=C(c2oc3ccc(Cl)cc3c2C)c2cc3c(cc2C1)NC(=O)C(C)O3. The maximum absolute atomic E-state index is 12.0. The van der Waals surface area contributed by atoms with Gasteiger partial charge in [-0.15, -0.1) is 5.10 Å². The molecule has 1 amide bonds. The van der Waals surface area contributed by atoms with Crippen molar-refractivity contribution in [3.05, 3.63) is 57.8 Å². The Bertz CT molecular complexity index is 1260. The Hall–Kier alpha value is -3.12. The fraction of sp³-hybridized carbons (Fsp3) is 0.227. The van der Waals surface area contributed by atoms with Gasteiger partial charge in [-0.05, 0) is 56.7 Å². The average molecular weight is 408 g/mol. The number of nitrogens with zero attached hydrogens (tertiary/aromatic N) is 2. The third kappa shape index (κ3) is 2.91. The number of aryl methyl sites for hydroxylation is 1. The molecule has 2 aliphatic heterocycles. The van der Waals surface area contributed by atoms with Gasteiger partial charge in [-0.2, -0.15) is 5.10 Å². The van der Waals surface area contributed by atoms with Gasteiger partial charge in [0.15, 0.2) is 11.9 Å². The van der Waals surface area contributed by atoms with Crippen LogP contribution in [-0.2, 0) is 11.2 Å². The molecule has 0 fully saturated rings. The summed E-state index contributed by atoms with van der Waals surface area (Å²) in [4.78, 5) is 12.0. The van der Waals surface area contributed by atoms with Gasteiger partial charge in [0, 0.05) is 33.7 Å². The minimum atomic E-state index is -0.556. The summed E-state index contributed by atoms with van der Waals surface area (Å²) in [5, 5.41) is 13.4. The lowest BCUT2D eigenvalue weighted by atomic mass is 9.95. The molecule has 0 aliphatic carbocycles. The Kier molecular flexibility index (Phi) is 3.99. The first-order chi connectivity index (χ1) is 13.9. The molecule has 6 nitrogen and oxygen atoms in total. The minimum Gasteiger partial charge on any atom is -0.479 e. The van der Waals surface area contributed by atoms with E-state index >= 15 is 0 Å². The molecule has 1 aromatic heterocycles. The van der Waals surface area contributed by atoms with E-state index in [4.69, 9.17) is 20.8 Å². The van der Waals surface area contributed by atoms with Crippen molar-refractivity contribution in [3.8, 4) is 5.75 Å². The van der Waals surface area contributed by atoms with Crippen LogP contribution in [0.3, 0.4) is 0 Å². The van der Waals surface area contributed by atoms with Crippen LogP contribution in [0.2, 0.25) is 5.02 Å². The van der Waals surface area contributed by atoms with Crippen LogP contribution < -0.4 is 10.1 Å². The minimum absolute atomic E-state index is 0.157. The molecule has 7 heteroatoms. The van der Waals surface area contributed by atoms with Crippen molar-refractivity contribution in [1.82, 2.24) is 0 Å². The van der Waals surface area contributed by atoms with Crippen LogP contribution in [0.25, 0.3) is 11.0 Å². The molecule has 2 aromatic carbocycles. The van der Waals surface area contributed by atoms with E-state index in [1.54, 1.807) is 13.0 Å². The fourth-order valence-electron chi connectivity index (χ4n) is 3.75. The molecule has 29 heavy (non-hydrogen) atoms.